The maximum atomic E-state index is 12.3. The van der Waals surface area contributed by atoms with Gasteiger partial charge in [0, 0.05) is 11.6 Å². The molecule has 0 bridgehead atoms. The number of carbonyl (C=O) groups excluding carboxylic acids is 1. The largest absolute Gasteiger partial charge is 0.399 e. The minimum Gasteiger partial charge on any atom is -0.399 e. The Labute approximate surface area is 114 Å². The number of aryl methyl sites for hydroxylation is 1. The van der Waals surface area contributed by atoms with E-state index in [1.165, 1.54) is 30.4 Å². The number of nitrogens with one attached hydrogen (secondary N) is 1. The van der Waals surface area contributed by atoms with Crippen LogP contribution in [0, 0.1) is 5.92 Å². The van der Waals surface area contributed by atoms with Gasteiger partial charge in [-0.1, -0.05) is 25.3 Å². The number of rotatable bonds is 2. The van der Waals surface area contributed by atoms with E-state index in [9.17, 15) is 4.79 Å². The van der Waals surface area contributed by atoms with Crippen LogP contribution in [0.4, 0.5) is 5.69 Å². The van der Waals surface area contributed by atoms with E-state index in [1.807, 2.05) is 12.1 Å². The quantitative estimate of drug-likeness (QED) is 0.801. The first-order chi connectivity index (χ1) is 9.24. The van der Waals surface area contributed by atoms with Crippen molar-refractivity contribution in [2.24, 2.45) is 5.92 Å². The molecule has 1 fully saturated rings. The normalized spacial score (nSPS) is 23.1. The van der Waals surface area contributed by atoms with Gasteiger partial charge < -0.3 is 11.1 Å². The molecule has 3 rings (SSSR count). The fourth-order valence-electron chi connectivity index (χ4n) is 3.44. The standard InChI is InChI=1S/C16H22N2O/c17-13-7-8-14-12(10-13)6-9-15(14)18-16(19)11-4-2-1-3-5-11/h7-8,10-11,15H,1-6,9,17H2,(H,18,19). The molecule has 1 saturated carbocycles. The Hall–Kier alpha value is -1.51. The van der Waals surface area contributed by atoms with Crippen LogP contribution in [-0.4, -0.2) is 5.91 Å². The lowest BCUT2D eigenvalue weighted by Gasteiger charge is -2.23. The zero-order valence-electron chi connectivity index (χ0n) is 11.3. The van der Waals surface area contributed by atoms with Crippen molar-refractivity contribution in [1.82, 2.24) is 5.32 Å². The van der Waals surface area contributed by atoms with Gasteiger partial charge in [0.05, 0.1) is 6.04 Å². The van der Waals surface area contributed by atoms with Crippen LogP contribution in [0.2, 0.25) is 0 Å². The maximum absolute atomic E-state index is 12.3. The average molecular weight is 258 g/mol. The van der Waals surface area contributed by atoms with Crippen molar-refractivity contribution in [2.75, 3.05) is 5.73 Å². The Balaban J connectivity index is 1.67. The maximum Gasteiger partial charge on any atom is 0.223 e. The highest BCUT2D eigenvalue weighted by Crippen LogP contribution is 2.33. The number of benzene rings is 1. The third kappa shape index (κ3) is 2.60. The molecular formula is C16H22N2O. The average Bonchev–Trinajstić information content (AvgIpc) is 2.82. The van der Waals surface area contributed by atoms with E-state index in [1.54, 1.807) is 0 Å². The first-order valence-electron chi connectivity index (χ1n) is 7.43. The predicted molar refractivity (Wildman–Crippen MR) is 76.6 cm³/mol. The van der Waals surface area contributed by atoms with E-state index in [0.29, 0.717) is 0 Å². The topological polar surface area (TPSA) is 55.1 Å². The molecule has 102 valence electrons. The Kier molecular flexibility index (Phi) is 3.45. The second-order valence-corrected chi connectivity index (χ2v) is 5.89. The third-order valence-corrected chi connectivity index (χ3v) is 4.54. The summed E-state index contributed by atoms with van der Waals surface area (Å²) in [4.78, 5) is 12.3. The number of carbonyl (C=O) groups is 1. The summed E-state index contributed by atoms with van der Waals surface area (Å²) in [5.74, 6) is 0.501. The van der Waals surface area contributed by atoms with E-state index in [-0.39, 0.29) is 17.9 Å². The van der Waals surface area contributed by atoms with Crippen molar-refractivity contribution >= 4 is 11.6 Å². The van der Waals surface area contributed by atoms with Crippen molar-refractivity contribution < 1.29 is 4.79 Å². The molecule has 1 aromatic rings. The summed E-state index contributed by atoms with van der Waals surface area (Å²) in [7, 11) is 0. The van der Waals surface area contributed by atoms with E-state index >= 15 is 0 Å². The number of fused-ring (bicyclic) bond motifs is 1. The monoisotopic (exact) mass is 258 g/mol. The fraction of sp³-hybridized carbons (Fsp3) is 0.562. The molecule has 3 nitrogen and oxygen atoms in total. The number of hydrogen-bond donors (Lipinski definition) is 2. The summed E-state index contributed by atoms with van der Waals surface area (Å²) in [5, 5.41) is 3.24. The summed E-state index contributed by atoms with van der Waals surface area (Å²) >= 11 is 0. The zero-order valence-corrected chi connectivity index (χ0v) is 11.3. The number of nitrogen functional groups attached to an aromatic ring is 1. The highest BCUT2D eigenvalue weighted by molar-refractivity contribution is 5.79. The summed E-state index contributed by atoms with van der Waals surface area (Å²) in [6, 6.07) is 6.25. The molecule has 0 spiro atoms. The van der Waals surface area contributed by atoms with Gasteiger partial charge in [-0.15, -0.1) is 0 Å². The van der Waals surface area contributed by atoms with E-state index in [0.717, 1.165) is 31.4 Å². The summed E-state index contributed by atoms with van der Waals surface area (Å²) in [6.07, 6.45) is 7.86. The third-order valence-electron chi connectivity index (χ3n) is 4.54. The van der Waals surface area contributed by atoms with Gasteiger partial charge in [-0.25, -0.2) is 0 Å². The van der Waals surface area contributed by atoms with Gasteiger partial charge in [-0.3, -0.25) is 4.79 Å². The van der Waals surface area contributed by atoms with Crippen molar-refractivity contribution in [1.29, 1.82) is 0 Å². The second kappa shape index (κ2) is 5.24. The number of nitrogens with two attached hydrogens (primary N) is 1. The first-order valence-corrected chi connectivity index (χ1v) is 7.43. The predicted octanol–water partition coefficient (Wildman–Crippen LogP) is 2.95. The molecule has 2 aliphatic rings. The summed E-state index contributed by atoms with van der Waals surface area (Å²) < 4.78 is 0. The van der Waals surface area contributed by atoms with Crippen LogP contribution in [0.5, 0.6) is 0 Å². The molecule has 1 unspecified atom stereocenters. The van der Waals surface area contributed by atoms with E-state index in [2.05, 4.69) is 11.4 Å². The molecule has 0 heterocycles. The highest BCUT2D eigenvalue weighted by atomic mass is 16.1. The number of amides is 1. The number of anilines is 1. The van der Waals surface area contributed by atoms with Crippen molar-refractivity contribution in [2.45, 2.75) is 51.0 Å². The second-order valence-electron chi connectivity index (χ2n) is 5.89. The summed E-state index contributed by atoms with van der Waals surface area (Å²) in [5.41, 5.74) is 9.19. The number of hydrogen-bond acceptors (Lipinski definition) is 2. The minimum atomic E-state index is 0.199. The molecule has 3 heteroatoms. The van der Waals surface area contributed by atoms with Crippen molar-refractivity contribution in [3.63, 3.8) is 0 Å². The molecule has 3 N–H and O–H groups in total. The van der Waals surface area contributed by atoms with Crippen molar-refractivity contribution in [3.8, 4) is 0 Å². The molecule has 0 aliphatic heterocycles. The van der Waals surface area contributed by atoms with Gasteiger partial charge in [0.1, 0.15) is 0 Å². The van der Waals surface area contributed by atoms with Gasteiger partial charge in [0.2, 0.25) is 5.91 Å². The van der Waals surface area contributed by atoms with Crippen molar-refractivity contribution in [3.05, 3.63) is 29.3 Å². The Bertz CT molecular complexity index is 478. The van der Waals surface area contributed by atoms with Gasteiger partial charge in [-0.2, -0.15) is 0 Å². The molecule has 1 atom stereocenters. The van der Waals surface area contributed by atoms with E-state index < -0.39 is 0 Å². The van der Waals surface area contributed by atoms with Crippen LogP contribution in [0.1, 0.15) is 55.7 Å². The Morgan fingerprint density at radius 2 is 1.95 bits per heavy atom. The molecule has 2 aliphatic carbocycles. The van der Waals surface area contributed by atoms with Crippen LogP contribution in [0.3, 0.4) is 0 Å². The van der Waals surface area contributed by atoms with Crippen LogP contribution < -0.4 is 11.1 Å². The molecular weight excluding hydrogens is 236 g/mol. The lowest BCUT2D eigenvalue weighted by molar-refractivity contribution is -0.126. The van der Waals surface area contributed by atoms with Gasteiger partial charge in [0.25, 0.3) is 0 Å². The molecule has 0 aromatic heterocycles. The van der Waals surface area contributed by atoms with Crippen LogP contribution in [0.25, 0.3) is 0 Å². The van der Waals surface area contributed by atoms with E-state index in [4.69, 9.17) is 5.73 Å². The fourth-order valence-corrected chi connectivity index (χ4v) is 3.44. The first kappa shape index (κ1) is 12.5. The Morgan fingerprint density at radius 3 is 2.74 bits per heavy atom. The molecule has 1 aromatic carbocycles. The molecule has 0 saturated heterocycles. The van der Waals surface area contributed by atoms with Gasteiger partial charge >= 0.3 is 0 Å². The van der Waals surface area contributed by atoms with Crippen LogP contribution in [-0.2, 0) is 11.2 Å². The lowest BCUT2D eigenvalue weighted by Crippen LogP contribution is -2.34. The Morgan fingerprint density at radius 1 is 1.16 bits per heavy atom. The molecule has 0 radical (unpaired) electrons. The minimum absolute atomic E-state index is 0.199. The SMILES string of the molecule is Nc1ccc2c(c1)CCC2NC(=O)C1CCCCC1. The lowest BCUT2D eigenvalue weighted by atomic mass is 9.88. The smallest absolute Gasteiger partial charge is 0.223 e. The highest BCUT2D eigenvalue weighted by Gasteiger charge is 2.27. The zero-order chi connectivity index (χ0) is 13.2. The summed E-state index contributed by atoms with van der Waals surface area (Å²) in [6.45, 7) is 0. The molecule has 19 heavy (non-hydrogen) atoms. The van der Waals surface area contributed by atoms with Crippen LogP contribution in [0.15, 0.2) is 18.2 Å². The van der Waals surface area contributed by atoms with Crippen LogP contribution >= 0.6 is 0 Å². The molecule has 1 amide bonds. The van der Waals surface area contributed by atoms with Gasteiger partial charge in [-0.05, 0) is 48.9 Å². The van der Waals surface area contributed by atoms with Gasteiger partial charge in [0.15, 0.2) is 0 Å².